The molecule has 4 nitrogen and oxygen atoms in total. The van der Waals surface area contributed by atoms with Crippen molar-refractivity contribution in [3.8, 4) is 11.5 Å². The first-order valence-corrected chi connectivity index (χ1v) is 8.14. The van der Waals surface area contributed by atoms with Crippen molar-refractivity contribution in [1.29, 1.82) is 0 Å². The van der Waals surface area contributed by atoms with E-state index in [0.717, 1.165) is 22.3 Å². The Bertz CT molecular complexity index is 709. The molecule has 2 aromatic carbocycles. The van der Waals surface area contributed by atoms with Crippen molar-refractivity contribution >= 4 is 7.82 Å². The first-order valence-electron chi connectivity index (χ1n) is 6.64. The maximum atomic E-state index is 12.2. The molecule has 0 heterocycles. The molecule has 0 saturated carbocycles. The Kier molecular flexibility index (Phi) is 4.40. The van der Waals surface area contributed by atoms with Crippen molar-refractivity contribution in [1.82, 2.24) is 0 Å². The van der Waals surface area contributed by atoms with Crippen LogP contribution in [-0.2, 0) is 4.57 Å². The second-order valence-electron chi connectivity index (χ2n) is 5.05. The van der Waals surface area contributed by atoms with E-state index in [0.29, 0.717) is 11.5 Å². The fraction of sp³-hybridized carbons (Fsp3) is 0.250. The van der Waals surface area contributed by atoms with Crippen LogP contribution in [0.25, 0.3) is 0 Å². The first kappa shape index (κ1) is 15.6. The van der Waals surface area contributed by atoms with Crippen LogP contribution >= 0.6 is 7.82 Å². The minimum Gasteiger partial charge on any atom is -0.395 e. The largest absolute Gasteiger partial charge is 0.584 e. The molecule has 0 fully saturated rings. The predicted octanol–water partition coefficient (Wildman–Crippen LogP) is 4.48. The van der Waals surface area contributed by atoms with Gasteiger partial charge in [0.05, 0.1) is 0 Å². The van der Waals surface area contributed by atoms with E-state index in [1.807, 2.05) is 32.9 Å². The lowest BCUT2D eigenvalue weighted by molar-refractivity contribution is 0.289. The zero-order valence-electron chi connectivity index (χ0n) is 12.6. The average Bonchev–Trinajstić information content (AvgIpc) is 2.42. The summed E-state index contributed by atoms with van der Waals surface area (Å²) >= 11 is 0. The molecular formula is C16H19O4P. The molecule has 0 spiro atoms. The van der Waals surface area contributed by atoms with Crippen molar-refractivity contribution in [2.75, 3.05) is 0 Å². The van der Waals surface area contributed by atoms with Gasteiger partial charge in [-0.2, -0.15) is 0 Å². The van der Waals surface area contributed by atoms with Gasteiger partial charge in [-0.3, -0.25) is 4.89 Å². The third-order valence-electron chi connectivity index (χ3n) is 3.53. The van der Waals surface area contributed by atoms with Crippen LogP contribution in [0.15, 0.2) is 36.4 Å². The molecule has 5 heteroatoms. The van der Waals surface area contributed by atoms with Crippen LogP contribution in [-0.4, -0.2) is 4.89 Å². The summed E-state index contributed by atoms with van der Waals surface area (Å²) in [4.78, 5) is 9.94. The van der Waals surface area contributed by atoms with Gasteiger partial charge in [0, 0.05) is 0 Å². The summed E-state index contributed by atoms with van der Waals surface area (Å²) < 4.78 is 22.5. The lowest BCUT2D eigenvalue weighted by Gasteiger charge is -2.17. The molecule has 112 valence electrons. The minimum absolute atomic E-state index is 0.338. The van der Waals surface area contributed by atoms with Crippen LogP contribution in [0.1, 0.15) is 22.3 Å². The van der Waals surface area contributed by atoms with E-state index in [-0.39, 0.29) is 0 Å². The minimum atomic E-state index is -4.23. The molecule has 0 saturated heterocycles. The average molecular weight is 306 g/mol. The Labute approximate surface area is 125 Å². The van der Waals surface area contributed by atoms with E-state index in [9.17, 15) is 9.46 Å². The van der Waals surface area contributed by atoms with Gasteiger partial charge in [0.2, 0.25) is 0 Å². The molecule has 1 N–H and O–H groups in total. The summed E-state index contributed by atoms with van der Waals surface area (Å²) in [6, 6.07) is 10.5. The molecule has 0 aliphatic carbocycles. The smallest absolute Gasteiger partial charge is 0.395 e. The molecule has 0 aliphatic heterocycles. The van der Waals surface area contributed by atoms with E-state index >= 15 is 0 Å². The number of aryl methyl sites for hydroxylation is 2. The van der Waals surface area contributed by atoms with Crippen molar-refractivity contribution in [3.63, 3.8) is 0 Å². The molecule has 0 bridgehead atoms. The standard InChI is InChI=1S/C16H19O4P/c1-11-9-10-16(14(4)13(11)3)20-21(17,18)19-15-8-6-5-7-12(15)2/h5-10H,1-4H3,(H,17,18). The molecule has 0 radical (unpaired) electrons. The lowest BCUT2D eigenvalue weighted by atomic mass is 10.0. The maximum Gasteiger partial charge on any atom is 0.584 e. The molecule has 0 aliphatic rings. The van der Waals surface area contributed by atoms with E-state index < -0.39 is 7.82 Å². The van der Waals surface area contributed by atoms with Crippen LogP contribution < -0.4 is 9.05 Å². The van der Waals surface area contributed by atoms with E-state index in [4.69, 9.17) is 9.05 Å². The van der Waals surface area contributed by atoms with Crippen molar-refractivity contribution in [3.05, 3.63) is 58.7 Å². The molecule has 0 aromatic heterocycles. The Morgan fingerprint density at radius 1 is 0.810 bits per heavy atom. The fourth-order valence-corrected chi connectivity index (χ4v) is 2.89. The normalized spacial score (nSPS) is 13.6. The Morgan fingerprint density at radius 2 is 1.43 bits per heavy atom. The highest BCUT2D eigenvalue weighted by atomic mass is 31.2. The number of phosphoric acid groups is 1. The molecule has 2 aromatic rings. The molecule has 1 unspecified atom stereocenters. The maximum absolute atomic E-state index is 12.2. The number of rotatable bonds is 4. The van der Waals surface area contributed by atoms with Gasteiger partial charge in [-0.15, -0.1) is 0 Å². The number of hydrogen-bond acceptors (Lipinski definition) is 3. The van der Waals surface area contributed by atoms with Gasteiger partial charge < -0.3 is 9.05 Å². The number of para-hydroxylation sites is 1. The quantitative estimate of drug-likeness (QED) is 0.846. The van der Waals surface area contributed by atoms with Crippen LogP contribution in [0.3, 0.4) is 0 Å². The summed E-state index contributed by atoms with van der Waals surface area (Å²) in [6.07, 6.45) is 0. The summed E-state index contributed by atoms with van der Waals surface area (Å²) in [5, 5.41) is 0. The zero-order valence-corrected chi connectivity index (χ0v) is 13.5. The monoisotopic (exact) mass is 306 g/mol. The van der Waals surface area contributed by atoms with Crippen LogP contribution in [0.2, 0.25) is 0 Å². The van der Waals surface area contributed by atoms with Crippen LogP contribution in [0.4, 0.5) is 0 Å². The molecular weight excluding hydrogens is 287 g/mol. The highest BCUT2D eigenvalue weighted by Gasteiger charge is 2.26. The van der Waals surface area contributed by atoms with Gasteiger partial charge in [0.25, 0.3) is 0 Å². The molecule has 0 amide bonds. The molecule has 1 atom stereocenters. The highest BCUT2D eigenvalue weighted by molar-refractivity contribution is 7.48. The van der Waals surface area contributed by atoms with Gasteiger partial charge in [0.15, 0.2) is 0 Å². The Morgan fingerprint density at radius 3 is 2.10 bits per heavy atom. The van der Waals surface area contributed by atoms with Crippen LogP contribution in [0, 0.1) is 27.7 Å². The van der Waals surface area contributed by atoms with Gasteiger partial charge in [0.1, 0.15) is 11.5 Å². The summed E-state index contributed by atoms with van der Waals surface area (Å²) in [5.41, 5.74) is 3.74. The zero-order chi connectivity index (χ0) is 15.6. The summed E-state index contributed by atoms with van der Waals surface area (Å²) in [7, 11) is -4.23. The van der Waals surface area contributed by atoms with E-state index in [1.165, 1.54) is 0 Å². The number of benzene rings is 2. The second-order valence-corrected chi connectivity index (χ2v) is 6.35. The van der Waals surface area contributed by atoms with Gasteiger partial charge >= 0.3 is 7.82 Å². The Balaban J connectivity index is 2.24. The topological polar surface area (TPSA) is 55.8 Å². The van der Waals surface area contributed by atoms with Gasteiger partial charge in [-0.05, 0) is 62.1 Å². The van der Waals surface area contributed by atoms with Crippen molar-refractivity contribution in [2.24, 2.45) is 0 Å². The number of hydrogen-bond donors (Lipinski definition) is 1. The summed E-state index contributed by atoms with van der Waals surface area (Å²) in [5.74, 6) is 0.697. The molecule has 2 rings (SSSR count). The third kappa shape index (κ3) is 3.66. The SMILES string of the molecule is Cc1ccccc1OP(=O)(O)Oc1ccc(C)c(C)c1C. The van der Waals surface area contributed by atoms with E-state index in [1.54, 1.807) is 31.2 Å². The third-order valence-corrected chi connectivity index (χ3v) is 4.38. The number of phosphoric ester groups is 1. The second kappa shape index (κ2) is 5.92. The first-order chi connectivity index (χ1) is 9.80. The highest BCUT2D eigenvalue weighted by Crippen LogP contribution is 2.46. The fourth-order valence-electron chi connectivity index (χ4n) is 1.96. The Hall–Kier alpha value is -1.77. The van der Waals surface area contributed by atoms with Gasteiger partial charge in [-0.1, -0.05) is 24.3 Å². The van der Waals surface area contributed by atoms with Crippen molar-refractivity contribution < 1.29 is 18.5 Å². The van der Waals surface area contributed by atoms with Gasteiger partial charge in [-0.25, -0.2) is 4.57 Å². The van der Waals surface area contributed by atoms with Crippen molar-refractivity contribution in [2.45, 2.75) is 27.7 Å². The molecule has 21 heavy (non-hydrogen) atoms. The summed E-state index contributed by atoms with van der Waals surface area (Å²) in [6.45, 7) is 7.58. The van der Waals surface area contributed by atoms with Crippen LogP contribution in [0.5, 0.6) is 11.5 Å². The van der Waals surface area contributed by atoms with E-state index in [2.05, 4.69) is 0 Å². The predicted molar refractivity (Wildman–Crippen MR) is 82.9 cm³/mol. The lowest BCUT2D eigenvalue weighted by Crippen LogP contribution is -2.02.